The summed E-state index contributed by atoms with van der Waals surface area (Å²) >= 11 is 12.0. The molecule has 174 valence electrons. The number of esters is 2. The van der Waals surface area contributed by atoms with Crippen molar-refractivity contribution in [2.24, 2.45) is 0 Å². The monoisotopic (exact) mass is 489 g/mol. The molecular formula is C25H25Cl2NO5. The Bertz CT molecular complexity index is 1070. The summed E-state index contributed by atoms with van der Waals surface area (Å²) in [6.07, 6.45) is 0. The number of alkyl halides is 1. The SMILES string of the molecule is COC(=O)C1=C(C)NC(COCCCl)=C(C(=O)OCc2ccccc2)C1c1cccc(Cl)c1. The van der Waals surface area contributed by atoms with Crippen LogP contribution in [0.3, 0.4) is 0 Å². The fourth-order valence-electron chi connectivity index (χ4n) is 3.68. The molecule has 8 heteroatoms. The number of hydrogen-bond acceptors (Lipinski definition) is 6. The first-order valence-electron chi connectivity index (χ1n) is 10.4. The van der Waals surface area contributed by atoms with Gasteiger partial charge in [-0.05, 0) is 30.2 Å². The van der Waals surface area contributed by atoms with Crippen LogP contribution in [0.4, 0.5) is 0 Å². The number of hydrogen-bond donors (Lipinski definition) is 1. The zero-order chi connectivity index (χ0) is 23.8. The van der Waals surface area contributed by atoms with Crippen LogP contribution in [0.2, 0.25) is 5.02 Å². The van der Waals surface area contributed by atoms with Crippen molar-refractivity contribution >= 4 is 35.1 Å². The second-order valence-electron chi connectivity index (χ2n) is 7.34. The third-order valence-electron chi connectivity index (χ3n) is 5.13. The molecule has 3 rings (SSSR count). The lowest BCUT2D eigenvalue weighted by Crippen LogP contribution is -2.34. The van der Waals surface area contributed by atoms with Crippen LogP contribution in [0, 0.1) is 0 Å². The number of rotatable bonds is 9. The molecule has 0 bridgehead atoms. The van der Waals surface area contributed by atoms with Crippen LogP contribution < -0.4 is 5.32 Å². The highest BCUT2D eigenvalue weighted by molar-refractivity contribution is 6.30. The molecule has 1 unspecified atom stereocenters. The maximum Gasteiger partial charge on any atom is 0.337 e. The number of carbonyl (C=O) groups is 2. The van der Waals surface area contributed by atoms with Crippen LogP contribution in [0.15, 0.2) is 77.1 Å². The average molecular weight is 490 g/mol. The smallest absolute Gasteiger partial charge is 0.337 e. The number of benzene rings is 2. The van der Waals surface area contributed by atoms with E-state index in [-0.39, 0.29) is 18.8 Å². The first-order valence-corrected chi connectivity index (χ1v) is 11.3. The van der Waals surface area contributed by atoms with Crippen molar-refractivity contribution in [1.82, 2.24) is 5.32 Å². The summed E-state index contributed by atoms with van der Waals surface area (Å²) in [6.45, 7) is 2.22. The molecule has 33 heavy (non-hydrogen) atoms. The molecule has 6 nitrogen and oxygen atoms in total. The van der Waals surface area contributed by atoms with Crippen LogP contribution in [0.1, 0.15) is 24.0 Å². The number of halogens is 2. The van der Waals surface area contributed by atoms with Gasteiger partial charge in [-0.1, -0.05) is 54.1 Å². The molecule has 0 saturated heterocycles. The lowest BCUT2D eigenvalue weighted by atomic mass is 9.80. The van der Waals surface area contributed by atoms with Crippen molar-refractivity contribution in [2.75, 3.05) is 26.2 Å². The second-order valence-corrected chi connectivity index (χ2v) is 8.15. The maximum atomic E-state index is 13.4. The van der Waals surface area contributed by atoms with E-state index in [0.717, 1.165) is 5.56 Å². The van der Waals surface area contributed by atoms with Crippen LogP contribution >= 0.6 is 23.2 Å². The lowest BCUT2D eigenvalue weighted by Gasteiger charge is -2.31. The molecule has 0 spiro atoms. The van der Waals surface area contributed by atoms with E-state index in [2.05, 4.69) is 5.32 Å². The van der Waals surface area contributed by atoms with Gasteiger partial charge in [-0.25, -0.2) is 9.59 Å². The Morgan fingerprint density at radius 1 is 1.00 bits per heavy atom. The summed E-state index contributed by atoms with van der Waals surface area (Å²) in [5, 5.41) is 3.62. The Kier molecular flexibility index (Phi) is 8.95. The predicted molar refractivity (Wildman–Crippen MR) is 127 cm³/mol. The lowest BCUT2D eigenvalue weighted by molar-refractivity contribution is -0.140. The molecule has 0 aliphatic carbocycles. The topological polar surface area (TPSA) is 73.9 Å². The fraction of sp³-hybridized carbons (Fsp3) is 0.280. The Morgan fingerprint density at radius 3 is 2.42 bits per heavy atom. The van der Waals surface area contributed by atoms with Gasteiger partial charge in [0.1, 0.15) is 6.61 Å². The largest absolute Gasteiger partial charge is 0.466 e. The standard InChI is InChI=1S/C25H25Cl2NO5/c1-16-21(24(29)31-2)22(18-9-6-10-19(27)13-18)23(20(28-16)15-32-12-11-26)25(30)33-14-17-7-4-3-5-8-17/h3-10,13,22,28H,11-12,14-15H2,1-2H3. The highest BCUT2D eigenvalue weighted by Gasteiger charge is 2.39. The van der Waals surface area contributed by atoms with E-state index in [1.54, 1.807) is 31.2 Å². The summed E-state index contributed by atoms with van der Waals surface area (Å²) in [7, 11) is 1.30. The summed E-state index contributed by atoms with van der Waals surface area (Å²) in [5.74, 6) is -1.58. The molecule has 1 N–H and O–H groups in total. The molecule has 1 aliphatic heterocycles. The van der Waals surface area contributed by atoms with E-state index in [4.69, 9.17) is 37.4 Å². The normalized spacial score (nSPS) is 15.8. The molecule has 0 fully saturated rings. The first-order chi connectivity index (χ1) is 16.0. The first kappa shape index (κ1) is 24.8. The minimum atomic E-state index is -0.754. The van der Waals surface area contributed by atoms with Crippen LogP contribution in [-0.4, -0.2) is 38.1 Å². The molecular weight excluding hydrogens is 465 g/mol. The third-order valence-corrected chi connectivity index (χ3v) is 5.52. The average Bonchev–Trinajstić information content (AvgIpc) is 2.82. The van der Waals surface area contributed by atoms with Gasteiger partial charge in [-0.15, -0.1) is 11.6 Å². The Morgan fingerprint density at radius 2 is 1.76 bits per heavy atom. The van der Waals surface area contributed by atoms with Gasteiger partial charge in [0.25, 0.3) is 0 Å². The van der Waals surface area contributed by atoms with Gasteiger partial charge in [-0.3, -0.25) is 0 Å². The van der Waals surface area contributed by atoms with Crippen molar-refractivity contribution < 1.29 is 23.8 Å². The Labute approximate surface area is 203 Å². The molecule has 0 radical (unpaired) electrons. The summed E-state index contributed by atoms with van der Waals surface area (Å²) in [4.78, 5) is 26.2. The summed E-state index contributed by atoms with van der Waals surface area (Å²) < 4.78 is 16.3. The molecule has 0 saturated carbocycles. The number of ether oxygens (including phenoxy) is 3. The van der Waals surface area contributed by atoms with E-state index in [9.17, 15) is 9.59 Å². The van der Waals surface area contributed by atoms with Gasteiger partial charge in [-0.2, -0.15) is 0 Å². The number of carbonyl (C=O) groups excluding carboxylic acids is 2. The van der Waals surface area contributed by atoms with E-state index >= 15 is 0 Å². The number of allylic oxidation sites excluding steroid dienone is 1. The summed E-state index contributed by atoms with van der Waals surface area (Å²) in [5.41, 5.74) is 3.10. The van der Waals surface area contributed by atoms with Crippen molar-refractivity contribution in [1.29, 1.82) is 0 Å². The van der Waals surface area contributed by atoms with Gasteiger partial charge in [0.15, 0.2) is 0 Å². The number of methoxy groups -OCH3 is 1. The maximum absolute atomic E-state index is 13.4. The Balaban J connectivity index is 2.07. The molecule has 0 aromatic heterocycles. The predicted octanol–water partition coefficient (Wildman–Crippen LogP) is 4.73. The quantitative estimate of drug-likeness (QED) is 0.312. The molecule has 1 aliphatic rings. The third kappa shape index (κ3) is 6.16. The molecule has 0 amide bonds. The van der Waals surface area contributed by atoms with E-state index in [1.807, 2.05) is 30.3 Å². The van der Waals surface area contributed by atoms with E-state index < -0.39 is 17.9 Å². The van der Waals surface area contributed by atoms with Gasteiger partial charge < -0.3 is 19.5 Å². The molecule has 1 heterocycles. The van der Waals surface area contributed by atoms with Gasteiger partial charge >= 0.3 is 11.9 Å². The number of dihydropyridines is 1. The highest BCUT2D eigenvalue weighted by Crippen LogP contribution is 2.40. The minimum Gasteiger partial charge on any atom is -0.466 e. The van der Waals surface area contributed by atoms with Crippen LogP contribution in [-0.2, 0) is 30.4 Å². The molecule has 2 aromatic carbocycles. The summed E-state index contributed by atoms with van der Waals surface area (Å²) in [6, 6.07) is 16.4. The molecule has 2 aromatic rings. The van der Waals surface area contributed by atoms with Gasteiger partial charge in [0, 0.05) is 16.6 Å². The second kappa shape index (κ2) is 11.9. The van der Waals surface area contributed by atoms with Crippen LogP contribution in [0.5, 0.6) is 0 Å². The van der Waals surface area contributed by atoms with Crippen molar-refractivity contribution in [3.05, 3.63) is 93.3 Å². The fourth-order valence-corrected chi connectivity index (χ4v) is 3.99. The zero-order valence-electron chi connectivity index (χ0n) is 18.4. The van der Waals surface area contributed by atoms with Crippen molar-refractivity contribution in [3.8, 4) is 0 Å². The number of nitrogens with one attached hydrogen (secondary N) is 1. The minimum absolute atomic E-state index is 0.0809. The van der Waals surface area contributed by atoms with Crippen LogP contribution in [0.25, 0.3) is 0 Å². The van der Waals surface area contributed by atoms with Crippen molar-refractivity contribution in [2.45, 2.75) is 19.4 Å². The van der Waals surface area contributed by atoms with E-state index in [1.165, 1.54) is 7.11 Å². The van der Waals surface area contributed by atoms with Gasteiger partial charge in [0.05, 0.1) is 43.1 Å². The molecule has 1 atom stereocenters. The highest BCUT2D eigenvalue weighted by atomic mass is 35.5. The van der Waals surface area contributed by atoms with Gasteiger partial charge in [0.2, 0.25) is 0 Å². The van der Waals surface area contributed by atoms with Crippen molar-refractivity contribution in [3.63, 3.8) is 0 Å². The Hall–Kier alpha value is -2.80. The zero-order valence-corrected chi connectivity index (χ0v) is 19.9. The van der Waals surface area contributed by atoms with E-state index in [0.29, 0.717) is 40.0 Å².